The Kier molecular flexibility index (Phi) is 5.74. The third-order valence-electron chi connectivity index (χ3n) is 3.53. The standard InChI is InChI=1S/C19H18N4O3/c1-25-15-7-9-16(10-8-15)26-19-17(6-4-12-21-19)18(23-24)22-13-14-5-2-3-11-20-14/h2-12,24H,13H2,1H3,(H,22,23). The van der Waals surface area contributed by atoms with Crippen LogP contribution in [0.4, 0.5) is 0 Å². The third kappa shape index (κ3) is 4.34. The van der Waals surface area contributed by atoms with Crippen molar-refractivity contribution in [3.63, 3.8) is 0 Å². The van der Waals surface area contributed by atoms with Gasteiger partial charge in [-0.25, -0.2) is 4.98 Å². The maximum Gasteiger partial charge on any atom is 0.230 e. The molecule has 3 rings (SSSR count). The Morgan fingerprint density at radius 1 is 1.00 bits per heavy atom. The van der Waals surface area contributed by atoms with E-state index in [1.165, 1.54) is 0 Å². The summed E-state index contributed by atoms with van der Waals surface area (Å²) in [6.07, 6.45) is 3.30. The van der Waals surface area contributed by atoms with E-state index in [-0.39, 0.29) is 5.84 Å². The minimum absolute atomic E-state index is 0.243. The number of aliphatic imine (C=N–C) groups is 1. The molecule has 3 aromatic rings. The molecule has 0 unspecified atom stereocenters. The molecule has 132 valence electrons. The summed E-state index contributed by atoms with van der Waals surface area (Å²) in [7, 11) is 1.60. The number of methoxy groups -OCH3 is 1. The first-order valence-corrected chi connectivity index (χ1v) is 7.92. The minimum atomic E-state index is 0.243. The molecule has 0 spiro atoms. The lowest BCUT2D eigenvalue weighted by Gasteiger charge is -2.11. The van der Waals surface area contributed by atoms with E-state index in [0.29, 0.717) is 23.7 Å². The monoisotopic (exact) mass is 350 g/mol. The van der Waals surface area contributed by atoms with Gasteiger partial charge in [0, 0.05) is 12.4 Å². The van der Waals surface area contributed by atoms with Crippen molar-refractivity contribution in [3.05, 3.63) is 78.2 Å². The lowest BCUT2D eigenvalue weighted by molar-refractivity contribution is 0.234. The average molecular weight is 350 g/mol. The van der Waals surface area contributed by atoms with Crippen molar-refractivity contribution in [1.29, 1.82) is 0 Å². The Labute approximate surface area is 151 Å². The predicted octanol–water partition coefficient (Wildman–Crippen LogP) is 3.20. The van der Waals surface area contributed by atoms with Gasteiger partial charge in [-0.2, -0.15) is 0 Å². The first-order chi connectivity index (χ1) is 12.8. The summed E-state index contributed by atoms with van der Waals surface area (Å²) in [5, 5.41) is 9.52. The van der Waals surface area contributed by atoms with Gasteiger partial charge in [-0.1, -0.05) is 6.07 Å². The van der Waals surface area contributed by atoms with Crippen LogP contribution in [0.15, 0.2) is 72.0 Å². The van der Waals surface area contributed by atoms with E-state index in [2.05, 4.69) is 20.4 Å². The maximum atomic E-state index is 9.52. The van der Waals surface area contributed by atoms with Crippen LogP contribution >= 0.6 is 0 Å². The van der Waals surface area contributed by atoms with Gasteiger partial charge in [0.2, 0.25) is 5.88 Å². The Balaban J connectivity index is 1.84. The van der Waals surface area contributed by atoms with Crippen molar-refractivity contribution < 1.29 is 14.7 Å². The second-order valence-electron chi connectivity index (χ2n) is 5.23. The predicted molar refractivity (Wildman–Crippen MR) is 96.7 cm³/mol. The number of ether oxygens (including phenoxy) is 2. The maximum absolute atomic E-state index is 9.52. The van der Waals surface area contributed by atoms with Crippen LogP contribution in [-0.4, -0.2) is 28.1 Å². The molecule has 0 amide bonds. The zero-order chi connectivity index (χ0) is 18.2. The van der Waals surface area contributed by atoms with Gasteiger partial charge in [0.05, 0.1) is 24.9 Å². The first kappa shape index (κ1) is 17.4. The average Bonchev–Trinajstić information content (AvgIpc) is 2.71. The highest BCUT2D eigenvalue weighted by atomic mass is 16.5. The topological polar surface area (TPSA) is 88.9 Å². The van der Waals surface area contributed by atoms with E-state index < -0.39 is 0 Å². The summed E-state index contributed by atoms with van der Waals surface area (Å²) in [6.45, 7) is 0.306. The molecule has 2 N–H and O–H groups in total. The normalized spacial score (nSPS) is 11.1. The van der Waals surface area contributed by atoms with Crippen molar-refractivity contribution in [2.75, 3.05) is 7.11 Å². The fourth-order valence-electron chi connectivity index (χ4n) is 2.24. The minimum Gasteiger partial charge on any atom is -0.497 e. The smallest absolute Gasteiger partial charge is 0.230 e. The number of hydrogen-bond acceptors (Lipinski definition) is 6. The highest BCUT2D eigenvalue weighted by Gasteiger charge is 2.12. The van der Waals surface area contributed by atoms with Gasteiger partial charge < -0.3 is 9.47 Å². The number of benzene rings is 1. The van der Waals surface area contributed by atoms with Gasteiger partial charge in [-0.15, -0.1) is 0 Å². The summed E-state index contributed by atoms with van der Waals surface area (Å²) in [5.41, 5.74) is 3.42. The van der Waals surface area contributed by atoms with Crippen molar-refractivity contribution in [3.8, 4) is 17.4 Å². The fourth-order valence-corrected chi connectivity index (χ4v) is 2.24. The molecule has 2 aromatic heterocycles. The van der Waals surface area contributed by atoms with Crippen LogP contribution in [0.1, 0.15) is 11.3 Å². The van der Waals surface area contributed by atoms with E-state index in [9.17, 15) is 5.21 Å². The van der Waals surface area contributed by atoms with Gasteiger partial charge >= 0.3 is 0 Å². The highest BCUT2D eigenvalue weighted by Crippen LogP contribution is 2.25. The molecule has 0 aliphatic heterocycles. The van der Waals surface area contributed by atoms with Crippen molar-refractivity contribution in [1.82, 2.24) is 15.4 Å². The van der Waals surface area contributed by atoms with Crippen LogP contribution in [0.5, 0.6) is 17.4 Å². The summed E-state index contributed by atoms with van der Waals surface area (Å²) in [5.74, 6) is 1.88. The molecule has 1 aromatic carbocycles. The SMILES string of the molecule is COc1ccc(Oc2ncccc2C(=NCc2ccccn2)NO)cc1. The molecular formula is C19H18N4O3. The van der Waals surface area contributed by atoms with Gasteiger partial charge in [0.15, 0.2) is 5.84 Å². The molecule has 0 saturated heterocycles. The number of aromatic nitrogens is 2. The second-order valence-corrected chi connectivity index (χ2v) is 5.23. The largest absolute Gasteiger partial charge is 0.497 e. The van der Waals surface area contributed by atoms with Crippen molar-refractivity contribution in [2.45, 2.75) is 6.54 Å². The number of hydroxylamine groups is 1. The molecule has 0 radical (unpaired) electrons. The molecule has 0 aliphatic rings. The van der Waals surface area contributed by atoms with Crippen molar-refractivity contribution in [2.24, 2.45) is 4.99 Å². The lowest BCUT2D eigenvalue weighted by atomic mass is 10.2. The summed E-state index contributed by atoms with van der Waals surface area (Å²) in [6, 6.07) is 16.2. The van der Waals surface area contributed by atoms with Crippen LogP contribution < -0.4 is 15.0 Å². The molecule has 7 heteroatoms. The number of nitrogens with zero attached hydrogens (tertiary/aromatic N) is 3. The van der Waals surface area contributed by atoms with E-state index in [0.717, 1.165) is 11.4 Å². The van der Waals surface area contributed by atoms with Gasteiger partial charge in [0.25, 0.3) is 0 Å². The van der Waals surface area contributed by atoms with Gasteiger partial charge in [0.1, 0.15) is 11.5 Å². The Morgan fingerprint density at radius 2 is 1.77 bits per heavy atom. The van der Waals surface area contributed by atoms with E-state index in [1.54, 1.807) is 55.9 Å². The number of pyridine rings is 2. The quantitative estimate of drug-likeness (QED) is 0.403. The third-order valence-corrected chi connectivity index (χ3v) is 3.53. The van der Waals surface area contributed by atoms with E-state index in [1.807, 2.05) is 18.2 Å². The molecule has 7 nitrogen and oxygen atoms in total. The Hall–Kier alpha value is -3.45. The van der Waals surface area contributed by atoms with Crippen LogP contribution in [0, 0.1) is 0 Å². The number of amidine groups is 1. The second kappa shape index (κ2) is 8.59. The Morgan fingerprint density at radius 3 is 2.46 bits per heavy atom. The zero-order valence-electron chi connectivity index (χ0n) is 14.2. The van der Waals surface area contributed by atoms with E-state index in [4.69, 9.17) is 9.47 Å². The summed E-state index contributed by atoms with van der Waals surface area (Å²) < 4.78 is 11.0. The molecule has 0 saturated carbocycles. The van der Waals surface area contributed by atoms with E-state index >= 15 is 0 Å². The molecule has 0 atom stereocenters. The lowest BCUT2D eigenvalue weighted by Crippen LogP contribution is -2.21. The number of rotatable bonds is 6. The van der Waals surface area contributed by atoms with Crippen molar-refractivity contribution >= 4 is 5.84 Å². The summed E-state index contributed by atoms with van der Waals surface area (Å²) >= 11 is 0. The number of nitrogens with one attached hydrogen (secondary N) is 1. The first-order valence-electron chi connectivity index (χ1n) is 7.92. The van der Waals surface area contributed by atoms with Crippen LogP contribution in [0.25, 0.3) is 0 Å². The molecule has 0 fully saturated rings. The zero-order valence-corrected chi connectivity index (χ0v) is 14.2. The molecule has 0 aliphatic carbocycles. The Bertz CT molecular complexity index is 867. The van der Waals surface area contributed by atoms with Crippen LogP contribution in [0.2, 0.25) is 0 Å². The summed E-state index contributed by atoms with van der Waals surface area (Å²) in [4.78, 5) is 12.8. The molecule has 2 heterocycles. The van der Waals surface area contributed by atoms with Gasteiger partial charge in [-0.05, 0) is 48.5 Å². The van der Waals surface area contributed by atoms with Crippen LogP contribution in [-0.2, 0) is 6.54 Å². The molecular weight excluding hydrogens is 332 g/mol. The highest BCUT2D eigenvalue weighted by molar-refractivity contribution is 6.00. The number of hydrogen-bond donors (Lipinski definition) is 2. The van der Waals surface area contributed by atoms with Crippen LogP contribution in [0.3, 0.4) is 0 Å². The van der Waals surface area contributed by atoms with Gasteiger partial charge in [-0.3, -0.25) is 20.7 Å². The molecule has 0 bridgehead atoms. The fraction of sp³-hybridized carbons (Fsp3) is 0.105. The molecule has 26 heavy (non-hydrogen) atoms.